The number of aromatic hydroxyl groups is 2. The van der Waals surface area contributed by atoms with Crippen molar-refractivity contribution in [3.8, 4) is 11.5 Å². The molecule has 0 atom stereocenters. The number of benzene rings is 2. The van der Waals surface area contributed by atoms with Crippen molar-refractivity contribution >= 4 is 22.4 Å². The summed E-state index contributed by atoms with van der Waals surface area (Å²) in [4.78, 5) is 18.0. The summed E-state index contributed by atoms with van der Waals surface area (Å²) in [5.74, 6) is -0.102. The van der Waals surface area contributed by atoms with E-state index in [0.717, 1.165) is 16.8 Å². The Bertz CT molecular complexity index is 970. The van der Waals surface area contributed by atoms with Crippen LogP contribution < -0.4 is 5.32 Å². The maximum Gasteiger partial charge on any atom is 0.232 e. The largest absolute Gasteiger partial charge is 0.508 e. The van der Waals surface area contributed by atoms with Gasteiger partial charge in [0.25, 0.3) is 0 Å². The third kappa shape index (κ3) is 4.65. The summed E-state index contributed by atoms with van der Waals surface area (Å²) < 4.78 is 0. The summed E-state index contributed by atoms with van der Waals surface area (Å²) in [5, 5.41) is 24.9. The fourth-order valence-corrected chi connectivity index (χ4v) is 4.36. The predicted octanol–water partition coefficient (Wildman–Crippen LogP) is 5.65. The van der Waals surface area contributed by atoms with Crippen molar-refractivity contribution in [3.05, 3.63) is 70.7 Å². The molecule has 3 rings (SSSR count). The van der Waals surface area contributed by atoms with Crippen molar-refractivity contribution in [2.24, 2.45) is 5.41 Å². The van der Waals surface area contributed by atoms with Crippen LogP contribution in [0.4, 0.5) is 5.13 Å². The summed E-state index contributed by atoms with van der Waals surface area (Å²) in [5.41, 5.74) is 1.81. The van der Waals surface area contributed by atoms with Crippen LogP contribution in [0.5, 0.6) is 11.5 Å². The number of carbonyl (C=O) groups excluding carboxylic acids is 1. The molecule has 0 unspecified atom stereocenters. The van der Waals surface area contributed by atoms with Crippen LogP contribution in [-0.2, 0) is 10.2 Å². The second kappa shape index (κ2) is 8.11. The normalized spacial score (nSPS) is 12.2. The van der Waals surface area contributed by atoms with E-state index in [1.54, 1.807) is 24.3 Å². The second-order valence-electron chi connectivity index (χ2n) is 9.08. The van der Waals surface area contributed by atoms with E-state index in [0.29, 0.717) is 5.13 Å². The molecule has 0 saturated carbocycles. The minimum absolute atomic E-state index is 0.0877. The molecule has 3 aromatic rings. The van der Waals surface area contributed by atoms with Crippen molar-refractivity contribution in [1.82, 2.24) is 4.98 Å². The molecular formula is C24H28N2O3S. The van der Waals surface area contributed by atoms with E-state index in [9.17, 15) is 15.0 Å². The van der Waals surface area contributed by atoms with Crippen molar-refractivity contribution in [2.45, 2.75) is 46.0 Å². The van der Waals surface area contributed by atoms with E-state index in [4.69, 9.17) is 0 Å². The van der Waals surface area contributed by atoms with Gasteiger partial charge in [0.05, 0.1) is 11.1 Å². The molecule has 1 heterocycles. The van der Waals surface area contributed by atoms with E-state index >= 15 is 0 Å². The fraction of sp³-hybridized carbons (Fsp3) is 0.333. The fourth-order valence-electron chi connectivity index (χ4n) is 3.42. The van der Waals surface area contributed by atoms with E-state index in [-0.39, 0.29) is 28.7 Å². The van der Waals surface area contributed by atoms with Crippen LogP contribution in [0.3, 0.4) is 0 Å². The van der Waals surface area contributed by atoms with E-state index in [1.165, 1.54) is 11.3 Å². The van der Waals surface area contributed by atoms with Gasteiger partial charge in [-0.25, -0.2) is 4.98 Å². The Balaban J connectivity index is 1.96. The number of hydrogen-bond donors (Lipinski definition) is 3. The number of thiazole rings is 1. The molecule has 2 aromatic carbocycles. The zero-order chi connectivity index (χ0) is 22.1. The van der Waals surface area contributed by atoms with Crippen molar-refractivity contribution in [1.29, 1.82) is 0 Å². The van der Waals surface area contributed by atoms with Gasteiger partial charge in [-0.1, -0.05) is 58.9 Å². The first kappa shape index (κ1) is 21.8. The molecule has 0 aliphatic carbocycles. The molecule has 0 spiro atoms. The van der Waals surface area contributed by atoms with Gasteiger partial charge in [0.15, 0.2) is 5.13 Å². The number of amides is 1. The molecule has 0 bridgehead atoms. The summed E-state index contributed by atoms with van der Waals surface area (Å²) in [6, 6.07) is 13.8. The number of phenols is 2. The average molecular weight is 425 g/mol. The Hall–Kier alpha value is -2.86. The van der Waals surface area contributed by atoms with Crippen LogP contribution in [0.25, 0.3) is 0 Å². The number of anilines is 1. The molecule has 0 fully saturated rings. The number of phenolic OH excluding ortho intramolecular Hbond substituents is 2. The van der Waals surface area contributed by atoms with E-state index in [1.807, 2.05) is 43.5 Å². The Morgan fingerprint density at radius 3 is 1.77 bits per heavy atom. The number of nitrogens with zero attached hydrogens (tertiary/aromatic N) is 1. The van der Waals surface area contributed by atoms with Crippen molar-refractivity contribution in [2.75, 3.05) is 5.32 Å². The Morgan fingerprint density at radius 1 is 0.900 bits per heavy atom. The first-order chi connectivity index (χ1) is 14.0. The summed E-state index contributed by atoms with van der Waals surface area (Å²) in [7, 11) is 0. The average Bonchev–Trinajstić information content (AvgIpc) is 3.14. The molecule has 3 N–H and O–H groups in total. The highest BCUT2D eigenvalue weighted by Gasteiger charge is 2.39. The topological polar surface area (TPSA) is 82.5 Å². The Morgan fingerprint density at radius 2 is 1.37 bits per heavy atom. The number of aromatic nitrogens is 1. The molecule has 1 aromatic heterocycles. The lowest BCUT2D eigenvalue weighted by atomic mass is 9.70. The molecule has 158 valence electrons. The highest BCUT2D eigenvalue weighted by Crippen LogP contribution is 2.42. The predicted molar refractivity (Wildman–Crippen MR) is 121 cm³/mol. The SMILES string of the molecule is CC(C)(C)c1csc(NC(=O)C(C)(C)C(c2ccc(O)cc2)c2ccc(O)cc2)n1. The molecule has 0 radical (unpaired) electrons. The molecule has 0 aliphatic heterocycles. The minimum Gasteiger partial charge on any atom is -0.508 e. The molecule has 30 heavy (non-hydrogen) atoms. The van der Waals surface area contributed by atoms with Crippen molar-refractivity contribution < 1.29 is 15.0 Å². The van der Waals surface area contributed by atoms with Crippen LogP contribution in [0.1, 0.15) is 57.4 Å². The van der Waals surface area contributed by atoms with E-state index < -0.39 is 5.41 Å². The first-order valence-electron chi connectivity index (χ1n) is 9.84. The zero-order valence-electron chi connectivity index (χ0n) is 17.9. The van der Waals surface area contributed by atoms with Crippen LogP contribution in [0.2, 0.25) is 0 Å². The quantitative estimate of drug-likeness (QED) is 0.494. The monoisotopic (exact) mass is 424 g/mol. The Labute approximate surface area is 181 Å². The number of nitrogens with one attached hydrogen (secondary N) is 1. The maximum atomic E-state index is 13.4. The molecule has 0 saturated heterocycles. The first-order valence-corrected chi connectivity index (χ1v) is 10.7. The third-order valence-corrected chi connectivity index (χ3v) is 6.01. The molecular weight excluding hydrogens is 396 g/mol. The van der Waals surface area contributed by atoms with Gasteiger partial charge in [-0.2, -0.15) is 0 Å². The molecule has 1 amide bonds. The van der Waals surface area contributed by atoms with Gasteiger partial charge >= 0.3 is 0 Å². The lowest BCUT2D eigenvalue weighted by Crippen LogP contribution is -2.37. The minimum atomic E-state index is -0.832. The Kier molecular flexibility index (Phi) is 5.90. The third-order valence-electron chi connectivity index (χ3n) is 5.25. The molecule has 6 heteroatoms. The van der Waals surface area contributed by atoms with Crippen LogP contribution in [0, 0.1) is 5.41 Å². The van der Waals surface area contributed by atoms with E-state index in [2.05, 4.69) is 31.1 Å². The summed E-state index contributed by atoms with van der Waals surface area (Å²) >= 11 is 1.42. The van der Waals surface area contributed by atoms with Gasteiger partial charge < -0.3 is 15.5 Å². The zero-order valence-corrected chi connectivity index (χ0v) is 18.7. The smallest absolute Gasteiger partial charge is 0.232 e. The molecule has 5 nitrogen and oxygen atoms in total. The van der Waals surface area contributed by atoms with Gasteiger partial charge in [-0.3, -0.25) is 4.79 Å². The number of rotatable bonds is 5. The van der Waals surface area contributed by atoms with Gasteiger partial charge in [0.1, 0.15) is 11.5 Å². The number of carbonyl (C=O) groups is 1. The van der Waals surface area contributed by atoms with Gasteiger partial charge in [0, 0.05) is 16.7 Å². The van der Waals surface area contributed by atoms with Gasteiger partial charge in [-0.05, 0) is 35.4 Å². The van der Waals surface area contributed by atoms with Crippen LogP contribution in [0.15, 0.2) is 53.9 Å². The van der Waals surface area contributed by atoms with Crippen LogP contribution >= 0.6 is 11.3 Å². The standard InChI is InChI=1S/C24H28N2O3S/c1-23(2,3)19-14-30-22(25-19)26-21(29)24(4,5)20(15-6-10-17(27)11-7-15)16-8-12-18(28)13-9-16/h6-14,20,27-28H,1-5H3,(H,25,26,29). The highest BCUT2D eigenvalue weighted by molar-refractivity contribution is 7.14. The summed E-state index contributed by atoms with van der Waals surface area (Å²) in [6.45, 7) is 10.0. The molecule has 0 aliphatic rings. The lowest BCUT2D eigenvalue weighted by molar-refractivity contribution is -0.124. The number of hydrogen-bond acceptors (Lipinski definition) is 5. The van der Waals surface area contributed by atoms with Gasteiger partial charge in [0.2, 0.25) is 5.91 Å². The van der Waals surface area contributed by atoms with Gasteiger partial charge in [-0.15, -0.1) is 11.3 Å². The second-order valence-corrected chi connectivity index (χ2v) is 9.94. The van der Waals surface area contributed by atoms with Crippen LogP contribution in [-0.4, -0.2) is 21.1 Å². The van der Waals surface area contributed by atoms with Crippen molar-refractivity contribution in [3.63, 3.8) is 0 Å². The summed E-state index contributed by atoms with van der Waals surface area (Å²) in [6.07, 6.45) is 0. The maximum absolute atomic E-state index is 13.4. The highest BCUT2D eigenvalue weighted by atomic mass is 32.1. The lowest BCUT2D eigenvalue weighted by Gasteiger charge is -2.34.